The van der Waals surface area contributed by atoms with Gasteiger partial charge in [0, 0.05) is 31.7 Å². The second kappa shape index (κ2) is 12.8. The number of nitro benzene ring substituents is 1. The first-order chi connectivity index (χ1) is 23.6. The highest BCUT2D eigenvalue weighted by Crippen LogP contribution is 2.37. The van der Waals surface area contributed by atoms with Crippen LogP contribution in [0.15, 0.2) is 90.1 Å². The minimum atomic E-state index is -4.68. The molecule has 0 unspecified atom stereocenters. The maximum atomic E-state index is 15.5. The van der Waals surface area contributed by atoms with E-state index in [9.17, 15) is 23.3 Å². The van der Waals surface area contributed by atoms with E-state index in [1.54, 1.807) is 6.20 Å². The first-order valence-corrected chi connectivity index (χ1v) is 16.7. The van der Waals surface area contributed by atoms with Gasteiger partial charge >= 0.3 is 0 Å². The summed E-state index contributed by atoms with van der Waals surface area (Å²) in [6.45, 7) is -0.373. The molecule has 0 saturated carbocycles. The maximum Gasteiger partial charge on any atom is 0.289 e. The molecule has 14 nitrogen and oxygen atoms in total. The Balaban J connectivity index is 1.38. The van der Waals surface area contributed by atoms with Crippen LogP contribution in [0.1, 0.15) is 12.0 Å². The molecule has 16 heteroatoms. The molecule has 0 spiro atoms. The van der Waals surface area contributed by atoms with Gasteiger partial charge in [-0.3, -0.25) is 19.2 Å². The van der Waals surface area contributed by atoms with Gasteiger partial charge in [0.15, 0.2) is 16.3 Å². The Bertz CT molecular complexity index is 2180. The monoisotopic (exact) mass is 688 g/mol. The molecule has 49 heavy (non-hydrogen) atoms. The number of anilines is 1. The smallest absolute Gasteiger partial charge is 0.289 e. The summed E-state index contributed by atoms with van der Waals surface area (Å²) < 4.78 is 64.0. The highest BCUT2D eigenvalue weighted by Gasteiger charge is 2.41. The number of ether oxygens (including phenoxy) is 3. The molecule has 2 aliphatic rings. The summed E-state index contributed by atoms with van der Waals surface area (Å²) in [4.78, 5) is 30.1. The lowest BCUT2D eigenvalue weighted by Crippen LogP contribution is -2.44. The van der Waals surface area contributed by atoms with Gasteiger partial charge < -0.3 is 19.1 Å². The highest BCUT2D eigenvalue weighted by atomic mass is 32.2. The van der Waals surface area contributed by atoms with Crippen molar-refractivity contribution in [1.29, 1.82) is 0 Å². The number of carbonyl (C=O) groups is 1. The maximum absolute atomic E-state index is 15.5. The standard InChI is InChI=1S/C33H29FN6O8S/c1-46-28-16-25-20-48-32-29(47-19-21-7-3-2-4-8-21)18-38-31(36-32)26(17-35-38)22-13-23(34)15-24(14-22)39(12-11-37(25)33(28)41)49(44,45)30-10-6-5-9-27(30)40(42)43/h2-10,13-15,17-18,25,28H,11-12,16,19-20H2,1H3/t25-,28+/m0/s1. The molecule has 252 valence electrons. The fourth-order valence-corrected chi connectivity index (χ4v) is 7.69. The van der Waals surface area contributed by atoms with Gasteiger partial charge in [0.05, 0.1) is 35.6 Å². The number of fused-ring (bicyclic) bond motifs is 5. The van der Waals surface area contributed by atoms with Crippen molar-refractivity contribution in [1.82, 2.24) is 19.5 Å². The van der Waals surface area contributed by atoms with Gasteiger partial charge in [0.25, 0.3) is 27.5 Å². The average molecular weight is 689 g/mol. The van der Waals surface area contributed by atoms with Crippen molar-refractivity contribution in [3.05, 3.63) is 107 Å². The first kappa shape index (κ1) is 32.0. The zero-order valence-corrected chi connectivity index (χ0v) is 26.8. The van der Waals surface area contributed by atoms with Crippen molar-refractivity contribution in [2.75, 3.05) is 31.1 Å². The van der Waals surface area contributed by atoms with Gasteiger partial charge in [-0.2, -0.15) is 10.1 Å². The lowest BCUT2D eigenvalue weighted by Gasteiger charge is -2.30. The fourth-order valence-electron chi connectivity index (χ4n) is 6.09. The van der Waals surface area contributed by atoms with Crippen LogP contribution >= 0.6 is 0 Å². The predicted molar refractivity (Wildman–Crippen MR) is 173 cm³/mol. The number of sulfonamides is 1. The van der Waals surface area contributed by atoms with Crippen LogP contribution in [-0.4, -0.2) is 77.7 Å². The third-order valence-corrected chi connectivity index (χ3v) is 10.4. The van der Waals surface area contributed by atoms with Gasteiger partial charge in [-0.15, -0.1) is 0 Å². The summed E-state index contributed by atoms with van der Waals surface area (Å²) in [6, 6.07) is 17.5. The number of aromatic nitrogens is 3. The van der Waals surface area contributed by atoms with Crippen molar-refractivity contribution >= 4 is 33.0 Å². The van der Waals surface area contributed by atoms with Crippen molar-refractivity contribution in [2.45, 2.75) is 30.1 Å². The van der Waals surface area contributed by atoms with Crippen LogP contribution in [0, 0.1) is 15.9 Å². The third kappa shape index (κ3) is 6.00. The molecule has 4 heterocycles. The van der Waals surface area contributed by atoms with Crippen LogP contribution in [0.2, 0.25) is 0 Å². The van der Waals surface area contributed by atoms with Crippen molar-refractivity contribution in [3.8, 4) is 22.8 Å². The number of hydrogen-bond acceptors (Lipinski definition) is 10. The fraction of sp³-hybridized carbons (Fsp3) is 0.242. The average Bonchev–Trinajstić information content (AvgIpc) is 3.65. The number of halogens is 1. The van der Waals surface area contributed by atoms with Crippen LogP contribution in [0.3, 0.4) is 0 Å². The van der Waals surface area contributed by atoms with E-state index in [1.165, 1.54) is 47.0 Å². The summed E-state index contributed by atoms with van der Waals surface area (Å²) in [5.41, 5.74) is 0.993. The molecule has 1 saturated heterocycles. The largest absolute Gasteiger partial charge is 0.482 e. The number of nitrogens with zero attached hydrogens (tertiary/aromatic N) is 6. The molecule has 1 amide bonds. The summed E-state index contributed by atoms with van der Waals surface area (Å²) in [5.74, 6) is -0.782. The van der Waals surface area contributed by atoms with Gasteiger partial charge in [-0.05, 0) is 35.4 Å². The van der Waals surface area contributed by atoms with Crippen molar-refractivity contribution < 1.29 is 36.7 Å². The number of carbonyl (C=O) groups excluding carboxylic acids is 1. The molecule has 1 fully saturated rings. The Kier molecular flexibility index (Phi) is 8.33. The molecule has 3 aromatic carbocycles. The Morgan fingerprint density at radius 2 is 1.86 bits per heavy atom. The molecule has 2 aromatic heterocycles. The van der Waals surface area contributed by atoms with E-state index in [2.05, 4.69) is 5.10 Å². The second-order valence-electron chi connectivity index (χ2n) is 11.5. The summed E-state index contributed by atoms with van der Waals surface area (Å²) in [5, 5.41) is 16.3. The van der Waals surface area contributed by atoms with Crippen LogP contribution in [0.5, 0.6) is 11.6 Å². The van der Waals surface area contributed by atoms with E-state index in [-0.39, 0.29) is 61.3 Å². The van der Waals surface area contributed by atoms with E-state index in [0.717, 1.165) is 28.1 Å². The number of para-hydroxylation sites is 1. The Labute approximate surface area is 279 Å². The van der Waals surface area contributed by atoms with E-state index >= 15 is 4.39 Å². The first-order valence-electron chi connectivity index (χ1n) is 15.2. The number of amides is 1. The van der Waals surface area contributed by atoms with Crippen LogP contribution < -0.4 is 13.8 Å². The van der Waals surface area contributed by atoms with Crippen LogP contribution in [0.4, 0.5) is 15.8 Å². The molecule has 0 aliphatic carbocycles. The summed E-state index contributed by atoms with van der Waals surface area (Å²) in [7, 11) is -3.28. The molecule has 5 aromatic rings. The molecular weight excluding hydrogens is 659 g/mol. The lowest BCUT2D eigenvalue weighted by molar-refractivity contribution is -0.387. The molecule has 2 atom stereocenters. The molecular formula is C33H29FN6O8S. The van der Waals surface area contributed by atoms with E-state index in [0.29, 0.717) is 5.56 Å². The zero-order chi connectivity index (χ0) is 34.3. The van der Waals surface area contributed by atoms with Gasteiger partial charge in [0.2, 0.25) is 0 Å². The minimum absolute atomic E-state index is 0.0449. The van der Waals surface area contributed by atoms with Crippen LogP contribution in [0.25, 0.3) is 16.8 Å². The topological polar surface area (TPSA) is 159 Å². The SMILES string of the molecule is CO[C@@H]1C[C@H]2COc3nc4c(cnn4cc3OCc3ccccc3)-c3cc(F)cc(c3)N(S(=O)(=O)c3ccccc3[N+](=O)[O-])CCN2C1=O. The predicted octanol–water partition coefficient (Wildman–Crippen LogP) is 4.23. The second-order valence-corrected chi connectivity index (χ2v) is 13.3. The van der Waals surface area contributed by atoms with E-state index in [1.807, 2.05) is 30.3 Å². The Hall–Kier alpha value is -5.61. The third-order valence-electron chi connectivity index (χ3n) is 8.50. The molecule has 0 radical (unpaired) electrons. The normalized spacial score (nSPS) is 17.9. The van der Waals surface area contributed by atoms with Gasteiger partial charge in [-0.1, -0.05) is 42.5 Å². The number of hydrogen-bond donors (Lipinski definition) is 0. The van der Waals surface area contributed by atoms with Crippen LogP contribution in [-0.2, 0) is 26.2 Å². The molecule has 7 rings (SSSR count). The highest BCUT2D eigenvalue weighted by molar-refractivity contribution is 7.93. The minimum Gasteiger partial charge on any atom is -0.482 e. The Morgan fingerprint density at radius 3 is 2.63 bits per heavy atom. The van der Waals surface area contributed by atoms with Gasteiger partial charge in [0.1, 0.15) is 25.1 Å². The molecule has 0 N–H and O–H groups in total. The number of nitro groups is 1. The molecule has 2 aliphatic heterocycles. The number of benzene rings is 3. The van der Waals surface area contributed by atoms with Gasteiger partial charge in [-0.25, -0.2) is 17.3 Å². The quantitative estimate of drug-likeness (QED) is 0.179. The zero-order valence-electron chi connectivity index (χ0n) is 26.0. The Morgan fingerprint density at radius 1 is 1.08 bits per heavy atom. The lowest BCUT2D eigenvalue weighted by atomic mass is 10.1. The van der Waals surface area contributed by atoms with Crippen molar-refractivity contribution in [2.24, 2.45) is 0 Å². The van der Waals surface area contributed by atoms with E-state index < -0.39 is 49.4 Å². The summed E-state index contributed by atoms with van der Waals surface area (Å²) >= 11 is 0. The summed E-state index contributed by atoms with van der Waals surface area (Å²) in [6.07, 6.45) is 2.45. The molecule has 4 bridgehead atoms. The number of methoxy groups -OCH3 is 1. The van der Waals surface area contributed by atoms with E-state index in [4.69, 9.17) is 19.2 Å². The van der Waals surface area contributed by atoms with Crippen molar-refractivity contribution in [3.63, 3.8) is 0 Å². The number of rotatable bonds is 7.